The van der Waals surface area contributed by atoms with Crippen LogP contribution in [-0.4, -0.2) is 23.4 Å². The zero-order valence-electron chi connectivity index (χ0n) is 14.2. The second-order valence-electron chi connectivity index (χ2n) is 6.78. The van der Waals surface area contributed by atoms with Gasteiger partial charge in [-0.3, -0.25) is 9.59 Å². The lowest BCUT2D eigenvalue weighted by molar-refractivity contribution is -0.149. The fraction of sp³-hybridized carbons (Fsp3) is 0.500. The molecule has 1 atom stereocenters. The second-order valence-corrected chi connectivity index (χ2v) is 6.78. The first-order valence-electron chi connectivity index (χ1n) is 8.18. The average Bonchev–Trinajstić information content (AvgIpc) is 3.34. The Bertz CT molecular complexity index is 679. The van der Waals surface area contributed by atoms with Gasteiger partial charge < -0.3 is 10.6 Å². The largest absolute Gasteiger partial charge is 0.349 e. The van der Waals surface area contributed by atoms with Crippen molar-refractivity contribution in [2.45, 2.75) is 50.6 Å². The highest BCUT2D eigenvalue weighted by atomic mass is 19.3. The summed E-state index contributed by atoms with van der Waals surface area (Å²) < 4.78 is 28.7. The van der Waals surface area contributed by atoms with Gasteiger partial charge in [-0.05, 0) is 25.2 Å². The van der Waals surface area contributed by atoms with Crippen LogP contribution in [0, 0.1) is 17.2 Å². The van der Waals surface area contributed by atoms with Crippen molar-refractivity contribution in [2.75, 3.05) is 0 Å². The first kappa shape index (κ1) is 18.8. The Kier molecular flexibility index (Phi) is 5.41. The molecule has 0 heterocycles. The molecule has 2 amide bonds. The summed E-state index contributed by atoms with van der Waals surface area (Å²) in [6, 6.07) is 7.61. The quantitative estimate of drug-likeness (QED) is 0.793. The molecule has 0 aliphatic heterocycles. The van der Waals surface area contributed by atoms with Crippen LogP contribution in [0.1, 0.15) is 38.7 Å². The van der Waals surface area contributed by atoms with E-state index in [-0.39, 0.29) is 12.3 Å². The number of rotatable bonds is 7. The lowest BCUT2D eigenvalue weighted by Crippen LogP contribution is -2.53. The van der Waals surface area contributed by atoms with Gasteiger partial charge in [0, 0.05) is 5.56 Å². The Labute approximate surface area is 145 Å². The van der Waals surface area contributed by atoms with Crippen LogP contribution in [0.5, 0.6) is 0 Å². The molecular weight excluding hydrogens is 328 g/mol. The second kappa shape index (κ2) is 7.18. The first-order chi connectivity index (χ1) is 11.7. The molecule has 0 bridgehead atoms. The van der Waals surface area contributed by atoms with Gasteiger partial charge in [-0.2, -0.15) is 14.0 Å². The third-order valence-electron chi connectivity index (χ3n) is 4.08. The summed E-state index contributed by atoms with van der Waals surface area (Å²) in [5.74, 6) is -5.88. The monoisotopic (exact) mass is 349 g/mol. The maximum atomic E-state index is 14.3. The minimum absolute atomic E-state index is 0.00126. The van der Waals surface area contributed by atoms with E-state index in [1.54, 1.807) is 6.07 Å². The van der Waals surface area contributed by atoms with Gasteiger partial charge >= 0.3 is 5.92 Å². The summed E-state index contributed by atoms with van der Waals surface area (Å²) >= 11 is 0. The summed E-state index contributed by atoms with van der Waals surface area (Å²) in [5, 5.41) is 13.8. The zero-order chi connectivity index (χ0) is 18.7. The highest BCUT2D eigenvalue weighted by Crippen LogP contribution is 2.34. The molecule has 1 aromatic carbocycles. The lowest BCUT2D eigenvalue weighted by Gasteiger charge is -2.24. The summed E-state index contributed by atoms with van der Waals surface area (Å²) in [6.45, 7) is 3.64. The van der Waals surface area contributed by atoms with Gasteiger partial charge in [0.1, 0.15) is 11.6 Å². The van der Waals surface area contributed by atoms with Crippen LogP contribution in [-0.2, 0) is 15.5 Å². The summed E-state index contributed by atoms with van der Waals surface area (Å²) in [5.41, 5.74) is -1.36. The summed E-state index contributed by atoms with van der Waals surface area (Å²) in [6.07, 6.45) is 1.25. The predicted molar refractivity (Wildman–Crippen MR) is 87.4 cm³/mol. The summed E-state index contributed by atoms with van der Waals surface area (Å²) in [4.78, 5) is 24.5. The van der Waals surface area contributed by atoms with Gasteiger partial charge in [0.15, 0.2) is 0 Å². The number of amides is 2. The van der Waals surface area contributed by atoms with Crippen LogP contribution in [0.4, 0.5) is 8.78 Å². The van der Waals surface area contributed by atoms with Crippen molar-refractivity contribution in [3.63, 3.8) is 0 Å². The minimum Gasteiger partial charge on any atom is -0.339 e. The standard InChI is InChI=1S/C18H21F2N3O2/c1-12(2)10-14(15(24)23-17(11-21)8-9-17)22-16(25)18(19,20)13-6-4-3-5-7-13/h3-7,12,14H,8-10H2,1-2H3,(H,22,25)(H,23,24)/t14-/m0/s1. The van der Waals surface area contributed by atoms with Gasteiger partial charge in [-0.25, -0.2) is 0 Å². The predicted octanol–water partition coefficient (Wildman–Crippen LogP) is 2.48. The first-order valence-corrected chi connectivity index (χ1v) is 8.18. The van der Waals surface area contributed by atoms with E-state index in [0.29, 0.717) is 12.8 Å². The number of carbonyl (C=O) groups is 2. The average molecular weight is 349 g/mol. The van der Waals surface area contributed by atoms with Crippen molar-refractivity contribution in [3.8, 4) is 6.07 Å². The normalized spacial score (nSPS) is 16.6. The molecule has 7 heteroatoms. The number of carbonyl (C=O) groups excluding carboxylic acids is 2. The maximum Gasteiger partial charge on any atom is 0.349 e. The number of benzene rings is 1. The lowest BCUT2D eigenvalue weighted by atomic mass is 10.0. The molecule has 1 aliphatic rings. The topological polar surface area (TPSA) is 82.0 Å². The van der Waals surface area contributed by atoms with Crippen molar-refractivity contribution in [2.24, 2.45) is 5.92 Å². The van der Waals surface area contributed by atoms with Gasteiger partial charge in [0.25, 0.3) is 5.91 Å². The van der Waals surface area contributed by atoms with Gasteiger partial charge in [-0.1, -0.05) is 44.2 Å². The molecule has 0 radical (unpaired) electrons. The molecule has 5 nitrogen and oxygen atoms in total. The molecule has 1 fully saturated rings. The van der Waals surface area contributed by atoms with Crippen LogP contribution in [0.2, 0.25) is 0 Å². The van der Waals surface area contributed by atoms with Gasteiger partial charge in [0.05, 0.1) is 6.07 Å². The van der Waals surface area contributed by atoms with E-state index < -0.39 is 34.9 Å². The number of nitrogens with zero attached hydrogens (tertiary/aromatic N) is 1. The Morgan fingerprint density at radius 3 is 2.36 bits per heavy atom. The molecule has 0 saturated heterocycles. The van der Waals surface area contributed by atoms with Crippen molar-refractivity contribution in [3.05, 3.63) is 35.9 Å². The molecule has 0 unspecified atom stereocenters. The van der Waals surface area contributed by atoms with E-state index in [9.17, 15) is 18.4 Å². The van der Waals surface area contributed by atoms with E-state index in [1.807, 2.05) is 19.9 Å². The molecular formula is C18H21F2N3O2. The van der Waals surface area contributed by atoms with Crippen LogP contribution in [0.25, 0.3) is 0 Å². The third-order valence-corrected chi connectivity index (χ3v) is 4.08. The number of nitriles is 1. The molecule has 25 heavy (non-hydrogen) atoms. The summed E-state index contributed by atoms with van der Waals surface area (Å²) in [7, 11) is 0. The zero-order valence-corrected chi connectivity index (χ0v) is 14.2. The minimum atomic E-state index is -3.75. The molecule has 0 aromatic heterocycles. The van der Waals surface area contributed by atoms with Crippen LogP contribution < -0.4 is 10.6 Å². The van der Waals surface area contributed by atoms with Crippen molar-refractivity contribution in [1.82, 2.24) is 10.6 Å². The number of hydrogen-bond acceptors (Lipinski definition) is 3. The van der Waals surface area contributed by atoms with E-state index in [1.165, 1.54) is 12.1 Å². The number of alkyl halides is 2. The van der Waals surface area contributed by atoms with E-state index in [0.717, 1.165) is 12.1 Å². The van der Waals surface area contributed by atoms with Crippen molar-refractivity contribution >= 4 is 11.8 Å². The number of halogens is 2. The number of nitrogens with one attached hydrogen (secondary N) is 2. The maximum absolute atomic E-state index is 14.3. The Balaban J connectivity index is 2.12. The van der Waals surface area contributed by atoms with Crippen LogP contribution >= 0.6 is 0 Å². The fourth-order valence-corrected chi connectivity index (χ4v) is 2.44. The van der Waals surface area contributed by atoms with Crippen LogP contribution in [0.15, 0.2) is 30.3 Å². The Morgan fingerprint density at radius 2 is 1.88 bits per heavy atom. The highest BCUT2D eigenvalue weighted by Gasteiger charge is 2.47. The van der Waals surface area contributed by atoms with E-state index in [4.69, 9.17) is 5.26 Å². The van der Waals surface area contributed by atoms with E-state index >= 15 is 0 Å². The van der Waals surface area contributed by atoms with E-state index in [2.05, 4.69) is 10.6 Å². The Morgan fingerprint density at radius 1 is 1.28 bits per heavy atom. The fourth-order valence-electron chi connectivity index (χ4n) is 2.44. The third kappa shape index (κ3) is 4.53. The smallest absolute Gasteiger partial charge is 0.339 e. The van der Waals surface area contributed by atoms with Crippen LogP contribution in [0.3, 0.4) is 0 Å². The highest BCUT2D eigenvalue weighted by molar-refractivity contribution is 5.91. The molecule has 1 saturated carbocycles. The molecule has 134 valence electrons. The molecule has 2 N–H and O–H groups in total. The molecule has 1 aromatic rings. The molecule has 2 rings (SSSR count). The van der Waals surface area contributed by atoms with Gasteiger partial charge in [-0.15, -0.1) is 0 Å². The Hall–Kier alpha value is -2.49. The SMILES string of the molecule is CC(C)C[C@H](NC(=O)C(F)(F)c1ccccc1)C(=O)NC1(C#N)CC1. The van der Waals surface area contributed by atoms with Crippen molar-refractivity contribution in [1.29, 1.82) is 5.26 Å². The molecule has 1 aliphatic carbocycles. The van der Waals surface area contributed by atoms with Gasteiger partial charge in [0.2, 0.25) is 5.91 Å². The number of hydrogen-bond donors (Lipinski definition) is 2. The van der Waals surface area contributed by atoms with Crippen molar-refractivity contribution < 1.29 is 18.4 Å². The molecule has 0 spiro atoms.